The first kappa shape index (κ1) is 20.1. The van der Waals surface area contributed by atoms with Crippen LogP contribution in [0.25, 0.3) is 0 Å². The van der Waals surface area contributed by atoms with Crippen LogP contribution >= 0.6 is 11.6 Å². The summed E-state index contributed by atoms with van der Waals surface area (Å²) in [5, 5.41) is 14.3. The molecule has 0 amide bonds. The molecule has 0 bridgehead atoms. The minimum absolute atomic E-state index is 0.264. The van der Waals surface area contributed by atoms with Gasteiger partial charge in [-0.05, 0) is 30.7 Å². The molecule has 6 heteroatoms. The molecule has 0 radical (unpaired) electrons. The lowest BCUT2D eigenvalue weighted by Gasteiger charge is -2.23. The number of guanidine groups is 1. The maximum Gasteiger partial charge on any atom is 0.194 e. The van der Waals surface area contributed by atoms with Crippen molar-refractivity contribution in [2.75, 3.05) is 27.2 Å². The number of aliphatic hydroxyl groups is 1. The molecule has 2 rings (SSSR count). The summed E-state index contributed by atoms with van der Waals surface area (Å²) in [6.07, 6.45) is -0.680. The van der Waals surface area contributed by atoms with Crippen molar-refractivity contribution in [2.45, 2.75) is 19.6 Å². The average molecular weight is 376 g/mol. The molecule has 2 aromatic carbocycles. The fraction of sp³-hybridized carbons (Fsp3) is 0.350. The molecule has 140 valence electrons. The highest BCUT2D eigenvalue weighted by Crippen LogP contribution is 2.19. The van der Waals surface area contributed by atoms with Gasteiger partial charge in [0.05, 0.1) is 19.8 Å². The van der Waals surface area contributed by atoms with Crippen molar-refractivity contribution in [3.63, 3.8) is 0 Å². The number of rotatable bonds is 7. The molecule has 0 spiro atoms. The summed E-state index contributed by atoms with van der Waals surface area (Å²) in [7, 11) is 3.63. The van der Waals surface area contributed by atoms with Crippen molar-refractivity contribution in [2.24, 2.45) is 4.99 Å². The van der Waals surface area contributed by atoms with Gasteiger partial charge in [0.1, 0.15) is 5.75 Å². The van der Waals surface area contributed by atoms with Crippen molar-refractivity contribution in [3.8, 4) is 5.75 Å². The van der Waals surface area contributed by atoms with Crippen LogP contribution in [-0.2, 0) is 6.54 Å². The molecule has 0 heterocycles. The number of aliphatic imine (C=N–C) groups is 1. The highest BCUT2D eigenvalue weighted by Gasteiger charge is 2.12. The molecular weight excluding hydrogens is 350 g/mol. The third kappa shape index (κ3) is 5.64. The Balaban J connectivity index is 2.08. The van der Waals surface area contributed by atoms with Gasteiger partial charge in [0.2, 0.25) is 0 Å². The van der Waals surface area contributed by atoms with Gasteiger partial charge in [-0.1, -0.05) is 41.9 Å². The Hall–Kier alpha value is -2.24. The first-order valence-corrected chi connectivity index (χ1v) is 8.97. The van der Waals surface area contributed by atoms with E-state index in [1.54, 1.807) is 19.2 Å². The molecule has 0 aliphatic rings. The zero-order valence-electron chi connectivity index (χ0n) is 15.4. The van der Waals surface area contributed by atoms with E-state index in [0.29, 0.717) is 11.6 Å². The smallest absolute Gasteiger partial charge is 0.194 e. The summed E-state index contributed by atoms with van der Waals surface area (Å²) in [5.41, 5.74) is 1.86. The summed E-state index contributed by atoms with van der Waals surface area (Å²) in [4.78, 5) is 6.58. The van der Waals surface area contributed by atoms with Gasteiger partial charge in [-0.3, -0.25) is 4.99 Å². The van der Waals surface area contributed by atoms with E-state index >= 15 is 0 Å². The first-order valence-electron chi connectivity index (χ1n) is 8.60. The van der Waals surface area contributed by atoms with Crippen LogP contribution in [0.4, 0.5) is 0 Å². The second-order valence-electron chi connectivity index (χ2n) is 5.93. The van der Waals surface area contributed by atoms with Gasteiger partial charge in [0.25, 0.3) is 0 Å². The number of nitrogens with one attached hydrogen (secondary N) is 1. The lowest BCUT2D eigenvalue weighted by molar-refractivity contribution is 0.186. The summed E-state index contributed by atoms with van der Waals surface area (Å²) in [6.45, 7) is 3.67. The van der Waals surface area contributed by atoms with Crippen LogP contribution in [0.15, 0.2) is 53.5 Å². The Labute approximate surface area is 160 Å². The predicted octanol–water partition coefficient (Wildman–Crippen LogP) is 3.48. The number of benzene rings is 2. The van der Waals surface area contributed by atoms with Crippen molar-refractivity contribution in [1.82, 2.24) is 10.2 Å². The van der Waals surface area contributed by atoms with Gasteiger partial charge >= 0.3 is 0 Å². The third-order valence-electron chi connectivity index (χ3n) is 3.97. The SMILES string of the molecule is CCNC(=NCC(O)c1ccc(Cl)cc1)N(C)Cc1ccccc1OC. The van der Waals surface area contributed by atoms with E-state index < -0.39 is 6.10 Å². The van der Waals surface area contributed by atoms with Gasteiger partial charge in [-0.2, -0.15) is 0 Å². The molecule has 0 saturated heterocycles. The molecular formula is C20H26ClN3O2. The van der Waals surface area contributed by atoms with E-state index in [2.05, 4.69) is 10.3 Å². The highest BCUT2D eigenvalue weighted by atomic mass is 35.5. The fourth-order valence-corrected chi connectivity index (χ4v) is 2.72. The van der Waals surface area contributed by atoms with Crippen LogP contribution in [0.5, 0.6) is 5.75 Å². The molecule has 0 saturated carbocycles. The van der Waals surface area contributed by atoms with Crippen molar-refractivity contribution in [1.29, 1.82) is 0 Å². The number of ether oxygens (including phenoxy) is 1. The Bertz CT molecular complexity index is 719. The molecule has 1 unspecified atom stereocenters. The number of halogens is 1. The largest absolute Gasteiger partial charge is 0.496 e. The fourth-order valence-electron chi connectivity index (χ4n) is 2.60. The van der Waals surface area contributed by atoms with E-state index in [9.17, 15) is 5.11 Å². The average Bonchev–Trinajstić information content (AvgIpc) is 2.65. The highest BCUT2D eigenvalue weighted by molar-refractivity contribution is 6.30. The number of nitrogens with zero attached hydrogens (tertiary/aromatic N) is 2. The molecule has 0 aliphatic carbocycles. The van der Waals surface area contributed by atoms with Gasteiger partial charge in [-0.15, -0.1) is 0 Å². The van der Waals surface area contributed by atoms with Crippen LogP contribution in [-0.4, -0.2) is 43.2 Å². The second kappa shape index (κ2) is 10.0. The van der Waals surface area contributed by atoms with Crippen molar-refractivity contribution in [3.05, 3.63) is 64.7 Å². The van der Waals surface area contributed by atoms with Gasteiger partial charge < -0.3 is 20.1 Å². The van der Waals surface area contributed by atoms with Gasteiger partial charge in [0.15, 0.2) is 5.96 Å². The van der Waals surface area contributed by atoms with Crippen LogP contribution in [0.3, 0.4) is 0 Å². The van der Waals surface area contributed by atoms with E-state index in [-0.39, 0.29) is 6.54 Å². The topological polar surface area (TPSA) is 57.1 Å². The Morgan fingerprint density at radius 3 is 2.58 bits per heavy atom. The van der Waals surface area contributed by atoms with Crippen LogP contribution in [0.2, 0.25) is 5.02 Å². The van der Waals surface area contributed by atoms with Crippen LogP contribution in [0, 0.1) is 0 Å². The standard InChI is InChI=1S/C20H26ClN3O2/c1-4-22-20(23-13-18(25)15-9-11-17(21)12-10-15)24(2)14-16-7-5-6-8-19(16)26-3/h5-12,18,25H,4,13-14H2,1-3H3,(H,22,23). The molecule has 0 aromatic heterocycles. The number of hydrogen-bond donors (Lipinski definition) is 2. The Kier molecular flexibility index (Phi) is 7.75. The summed E-state index contributed by atoms with van der Waals surface area (Å²) >= 11 is 5.89. The van der Waals surface area contributed by atoms with E-state index in [1.807, 2.05) is 55.3 Å². The summed E-state index contributed by atoms with van der Waals surface area (Å²) in [6, 6.07) is 15.1. The van der Waals surface area contributed by atoms with Gasteiger partial charge in [0, 0.05) is 30.7 Å². The van der Waals surface area contributed by atoms with E-state index in [4.69, 9.17) is 16.3 Å². The normalized spacial score (nSPS) is 12.6. The summed E-state index contributed by atoms with van der Waals surface area (Å²) in [5.74, 6) is 1.57. The maximum absolute atomic E-state index is 10.4. The maximum atomic E-state index is 10.4. The number of aliphatic hydroxyl groups excluding tert-OH is 1. The monoisotopic (exact) mass is 375 g/mol. The number of para-hydroxylation sites is 1. The van der Waals surface area contributed by atoms with Crippen molar-refractivity contribution >= 4 is 17.6 Å². The molecule has 5 nitrogen and oxygen atoms in total. The molecule has 0 aliphatic heterocycles. The minimum atomic E-state index is -0.680. The summed E-state index contributed by atoms with van der Waals surface area (Å²) < 4.78 is 5.41. The minimum Gasteiger partial charge on any atom is -0.496 e. The molecule has 2 aromatic rings. The lowest BCUT2D eigenvalue weighted by Crippen LogP contribution is -2.38. The lowest BCUT2D eigenvalue weighted by atomic mass is 10.1. The van der Waals surface area contributed by atoms with Crippen LogP contribution < -0.4 is 10.1 Å². The number of hydrogen-bond acceptors (Lipinski definition) is 3. The van der Waals surface area contributed by atoms with Crippen LogP contribution in [0.1, 0.15) is 24.2 Å². The first-order chi connectivity index (χ1) is 12.5. The molecule has 1 atom stereocenters. The second-order valence-corrected chi connectivity index (χ2v) is 6.37. The quantitative estimate of drug-likeness (QED) is 0.574. The Morgan fingerprint density at radius 2 is 1.92 bits per heavy atom. The van der Waals surface area contributed by atoms with E-state index in [0.717, 1.165) is 29.4 Å². The molecule has 0 fully saturated rings. The number of methoxy groups -OCH3 is 1. The van der Waals surface area contributed by atoms with Gasteiger partial charge in [-0.25, -0.2) is 0 Å². The molecule has 26 heavy (non-hydrogen) atoms. The van der Waals surface area contributed by atoms with Crippen molar-refractivity contribution < 1.29 is 9.84 Å². The zero-order valence-corrected chi connectivity index (χ0v) is 16.2. The predicted molar refractivity (Wildman–Crippen MR) is 107 cm³/mol. The molecule has 2 N–H and O–H groups in total. The zero-order chi connectivity index (χ0) is 18.9. The third-order valence-corrected chi connectivity index (χ3v) is 4.22. The Morgan fingerprint density at radius 1 is 1.23 bits per heavy atom. The van der Waals surface area contributed by atoms with E-state index in [1.165, 1.54) is 0 Å².